The van der Waals surface area contributed by atoms with Gasteiger partial charge in [-0.15, -0.1) is 0 Å². The average Bonchev–Trinajstić information content (AvgIpc) is 2.90. The first-order valence-electron chi connectivity index (χ1n) is 11.8. The molecule has 0 aromatic heterocycles. The standard InChI is InChI=1S/C28H30N2O5/c31-26(19-35-24-11-5-2-6-12-24)29-23-15-13-22(14-16-23)28(33)25-18-34-20-27(32)30(25)17-7-10-21-8-3-1-4-9-21/h1-6,8-9,11-16,25,28,33H,7,10,17-20H2,(H,29,31). The number of carbonyl (C=O) groups excluding carboxylic acids is 2. The van der Waals surface area contributed by atoms with Crippen molar-refractivity contribution in [2.45, 2.75) is 25.0 Å². The average molecular weight is 475 g/mol. The summed E-state index contributed by atoms with van der Waals surface area (Å²) in [5.74, 6) is 0.229. The van der Waals surface area contributed by atoms with Crippen molar-refractivity contribution in [2.24, 2.45) is 0 Å². The number of hydrogen-bond donors (Lipinski definition) is 2. The molecule has 2 N–H and O–H groups in total. The number of aliphatic hydroxyl groups is 1. The third kappa shape index (κ3) is 6.91. The summed E-state index contributed by atoms with van der Waals surface area (Å²) in [6.07, 6.45) is 0.758. The lowest BCUT2D eigenvalue weighted by atomic mass is 9.99. The summed E-state index contributed by atoms with van der Waals surface area (Å²) in [6.45, 7) is 0.750. The molecule has 0 aliphatic carbocycles. The van der Waals surface area contributed by atoms with Gasteiger partial charge in [0, 0.05) is 12.2 Å². The summed E-state index contributed by atoms with van der Waals surface area (Å²) in [5, 5.41) is 13.8. The Bertz CT molecular complexity index is 1090. The molecule has 7 nitrogen and oxygen atoms in total. The largest absolute Gasteiger partial charge is 0.484 e. The van der Waals surface area contributed by atoms with Gasteiger partial charge in [-0.1, -0.05) is 60.7 Å². The van der Waals surface area contributed by atoms with Crippen LogP contribution in [0.15, 0.2) is 84.9 Å². The molecule has 1 fully saturated rings. The number of para-hydroxylation sites is 1. The van der Waals surface area contributed by atoms with E-state index in [-0.39, 0.29) is 31.6 Å². The first-order chi connectivity index (χ1) is 17.1. The van der Waals surface area contributed by atoms with Gasteiger partial charge in [-0.25, -0.2) is 0 Å². The Balaban J connectivity index is 1.32. The van der Waals surface area contributed by atoms with Gasteiger partial charge in [-0.05, 0) is 48.2 Å². The van der Waals surface area contributed by atoms with E-state index in [0.29, 0.717) is 23.5 Å². The van der Waals surface area contributed by atoms with E-state index in [1.165, 1.54) is 5.56 Å². The van der Waals surface area contributed by atoms with Crippen LogP contribution in [-0.4, -0.2) is 54.2 Å². The molecule has 1 heterocycles. The van der Waals surface area contributed by atoms with Crippen molar-refractivity contribution in [3.63, 3.8) is 0 Å². The smallest absolute Gasteiger partial charge is 0.262 e. The Labute approximate surface area is 205 Å². The van der Waals surface area contributed by atoms with Gasteiger partial charge in [-0.2, -0.15) is 0 Å². The van der Waals surface area contributed by atoms with Gasteiger partial charge in [0.1, 0.15) is 18.5 Å². The van der Waals surface area contributed by atoms with Crippen molar-refractivity contribution in [1.29, 1.82) is 0 Å². The lowest BCUT2D eigenvalue weighted by Crippen LogP contribution is -2.52. The zero-order valence-electron chi connectivity index (χ0n) is 19.5. The first kappa shape index (κ1) is 24.4. The van der Waals surface area contributed by atoms with Crippen molar-refractivity contribution in [1.82, 2.24) is 4.90 Å². The van der Waals surface area contributed by atoms with E-state index in [4.69, 9.17) is 9.47 Å². The summed E-state index contributed by atoms with van der Waals surface area (Å²) >= 11 is 0. The fourth-order valence-electron chi connectivity index (χ4n) is 4.12. The van der Waals surface area contributed by atoms with Crippen LogP contribution < -0.4 is 10.1 Å². The molecular formula is C28H30N2O5. The maximum absolute atomic E-state index is 12.6. The highest BCUT2D eigenvalue weighted by Crippen LogP contribution is 2.26. The highest BCUT2D eigenvalue weighted by molar-refractivity contribution is 5.91. The molecule has 0 saturated carbocycles. The summed E-state index contributed by atoms with van der Waals surface area (Å²) < 4.78 is 10.9. The zero-order valence-corrected chi connectivity index (χ0v) is 19.5. The van der Waals surface area contributed by atoms with Crippen molar-refractivity contribution in [3.05, 3.63) is 96.1 Å². The number of ether oxygens (including phenoxy) is 2. The Morgan fingerprint density at radius 3 is 2.43 bits per heavy atom. The molecule has 182 valence electrons. The number of anilines is 1. The van der Waals surface area contributed by atoms with Crippen LogP contribution in [0.3, 0.4) is 0 Å². The van der Waals surface area contributed by atoms with Gasteiger partial charge in [0.05, 0.1) is 12.6 Å². The molecule has 2 atom stereocenters. The lowest BCUT2D eigenvalue weighted by Gasteiger charge is -2.38. The highest BCUT2D eigenvalue weighted by atomic mass is 16.5. The summed E-state index contributed by atoms with van der Waals surface area (Å²) in [7, 11) is 0. The number of morpholine rings is 1. The molecule has 0 spiro atoms. The molecule has 3 aromatic rings. The van der Waals surface area contributed by atoms with E-state index in [2.05, 4.69) is 17.4 Å². The minimum absolute atomic E-state index is 0.0323. The van der Waals surface area contributed by atoms with Crippen LogP contribution in [0.4, 0.5) is 5.69 Å². The first-order valence-corrected chi connectivity index (χ1v) is 11.8. The van der Waals surface area contributed by atoms with Crippen LogP contribution in [0, 0.1) is 0 Å². The quantitative estimate of drug-likeness (QED) is 0.469. The number of aryl methyl sites for hydroxylation is 1. The third-order valence-electron chi connectivity index (χ3n) is 5.96. The predicted molar refractivity (Wildman–Crippen MR) is 133 cm³/mol. The number of nitrogens with zero attached hydrogens (tertiary/aromatic N) is 1. The third-order valence-corrected chi connectivity index (χ3v) is 5.96. The zero-order chi connectivity index (χ0) is 24.5. The molecule has 3 aromatic carbocycles. The summed E-state index contributed by atoms with van der Waals surface area (Å²) in [6, 6.07) is 25.7. The van der Waals surface area contributed by atoms with Crippen molar-refractivity contribution < 1.29 is 24.2 Å². The second kappa shape index (κ2) is 12.1. The SMILES string of the molecule is O=C(COc1ccccc1)Nc1ccc(C(O)C2COCC(=O)N2CCCc2ccccc2)cc1. The van der Waals surface area contributed by atoms with E-state index in [1.54, 1.807) is 41.3 Å². The van der Waals surface area contributed by atoms with Crippen LogP contribution in [0.1, 0.15) is 23.7 Å². The Hall–Kier alpha value is -3.68. The van der Waals surface area contributed by atoms with Crippen LogP contribution in [0.2, 0.25) is 0 Å². The normalized spacial score (nSPS) is 16.5. The van der Waals surface area contributed by atoms with Gasteiger partial charge >= 0.3 is 0 Å². The number of aliphatic hydroxyl groups excluding tert-OH is 1. The topological polar surface area (TPSA) is 88.1 Å². The van der Waals surface area contributed by atoms with Crippen molar-refractivity contribution in [3.8, 4) is 5.75 Å². The minimum atomic E-state index is -0.901. The van der Waals surface area contributed by atoms with Crippen LogP contribution in [0.5, 0.6) is 5.75 Å². The molecular weight excluding hydrogens is 444 g/mol. The molecule has 0 radical (unpaired) electrons. The fourth-order valence-corrected chi connectivity index (χ4v) is 4.12. The predicted octanol–water partition coefficient (Wildman–Crippen LogP) is 3.60. The van der Waals surface area contributed by atoms with Gasteiger partial charge in [0.2, 0.25) is 5.91 Å². The number of carbonyl (C=O) groups is 2. The minimum Gasteiger partial charge on any atom is -0.484 e. The molecule has 35 heavy (non-hydrogen) atoms. The van der Waals surface area contributed by atoms with E-state index in [1.807, 2.05) is 36.4 Å². The number of benzene rings is 3. The number of nitrogens with one attached hydrogen (secondary N) is 1. The molecule has 2 amide bonds. The molecule has 1 saturated heterocycles. The molecule has 4 rings (SSSR count). The molecule has 7 heteroatoms. The lowest BCUT2D eigenvalue weighted by molar-refractivity contribution is -0.154. The second-order valence-electron chi connectivity index (χ2n) is 8.48. The maximum Gasteiger partial charge on any atom is 0.262 e. The Morgan fingerprint density at radius 2 is 1.71 bits per heavy atom. The highest BCUT2D eigenvalue weighted by Gasteiger charge is 2.34. The summed E-state index contributed by atoms with van der Waals surface area (Å²) in [5.41, 5.74) is 2.47. The van der Waals surface area contributed by atoms with Crippen LogP contribution in [0.25, 0.3) is 0 Å². The Morgan fingerprint density at radius 1 is 1.03 bits per heavy atom. The molecule has 1 aliphatic heterocycles. The van der Waals surface area contributed by atoms with E-state index in [0.717, 1.165) is 12.8 Å². The van der Waals surface area contributed by atoms with Gasteiger partial charge in [-0.3, -0.25) is 9.59 Å². The van der Waals surface area contributed by atoms with Crippen LogP contribution in [-0.2, 0) is 20.7 Å². The summed E-state index contributed by atoms with van der Waals surface area (Å²) in [4.78, 5) is 26.5. The van der Waals surface area contributed by atoms with E-state index < -0.39 is 12.1 Å². The molecule has 2 unspecified atom stereocenters. The van der Waals surface area contributed by atoms with E-state index in [9.17, 15) is 14.7 Å². The maximum atomic E-state index is 12.6. The second-order valence-corrected chi connectivity index (χ2v) is 8.48. The van der Waals surface area contributed by atoms with E-state index >= 15 is 0 Å². The van der Waals surface area contributed by atoms with Gasteiger partial charge < -0.3 is 24.8 Å². The fraction of sp³-hybridized carbons (Fsp3) is 0.286. The Kier molecular flexibility index (Phi) is 8.48. The van der Waals surface area contributed by atoms with Crippen molar-refractivity contribution in [2.75, 3.05) is 31.7 Å². The van der Waals surface area contributed by atoms with Gasteiger partial charge in [0.25, 0.3) is 5.91 Å². The van der Waals surface area contributed by atoms with Gasteiger partial charge in [0.15, 0.2) is 6.61 Å². The number of hydrogen-bond acceptors (Lipinski definition) is 5. The molecule has 1 aliphatic rings. The number of rotatable bonds is 10. The van der Waals surface area contributed by atoms with Crippen molar-refractivity contribution >= 4 is 17.5 Å². The molecule has 0 bridgehead atoms. The number of amides is 2. The monoisotopic (exact) mass is 474 g/mol. The van der Waals surface area contributed by atoms with Crippen LogP contribution >= 0.6 is 0 Å².